The second-order valence-electron chi connectivity index (χ2n) is 15.4. The Morgan fingerprint density at radius 2 is 1.48 bits per heavy atom. The van der Waals surface area contributed by atoms with Crippen LogP contribution in [0.25, 0.3) is 0 Å². The number of nitrogens with one attached hydrogen (secondary N) is 9. The highest BCUT2D eigenvalue weighted by Crippen LogP contribution is 2.33. The van der Waals surface area contributed by atoms with E-state index in [1.165, 1.54) is 12.4 Å². The van der Waals surface area contributed by atoms with Crippen LogP contribution in [0.4, 0.5) is 4.79 Å². The van der Waals surface area contributed by atoms with Gasteiger partial charge in [-0.05, 0) is 76.8 Å². The van der Waals surface area contributed by atoms with Gasteiger partial charge in [-0.25, -0.2) is 10.3 Å². The first-order valence-electron chi connectivity index (χ1n) is 21.1. The summed E-state index contributed by atoms with van der Waals surface area (Å²) in [6.45, 7) is 1.06. The van der Waals surface area contributed by atoms with Gasteiger partial charge in [-0.3, -0.25) is 43.6 Å². The minimum atomic E-state index is -1.14. The highest BCUT2D eigenvalue weighted by atomic mass is 32.2. The Hall–Kier alpha value is -5.48. The van der Waals surface area contributed by atoms with Crippen molar-refractivity contribution in [3.8, 4) is 0 Å². The maximum atomic E-state index is 13.3. The SMILES string of the molecule is C[C@H](NC(=O)[C@H](CCCCN)NC(=O)C(CC(=O)NO)Cc1ccccc1)C(=O)NCC(=O)NCC(=O)N[C@@H](CCCCNC(=O)CCCC[C@@H]1SC[C@@H]2NC(=O)N[C@@H]21)C(N)=O. The van der Waals surface area contributed by atoms with Crippen LogP contribution in [-0.2, 0) is 44.8 Å². The Kier molecular flexibility index (Phi) is 22.5. The summed E-state index contributed by atoms with van der Waals surface area (Å²) in [7, 11) is 0. The average molecular weight is 890 g/mol. The molecule has 1 aromatic rings. The number of hydrogen-bond donors (Lipinski definition) is 12. The van der Waals surface area contributed by atoms with Crippen molar-refractivity contribution in [3.63, 3.8) is 0 Å². The van der Waals surface area contributed by atoms with Gasteiger partial charge in [0, 0.05) is 30.4 Å². The molecular weight excluding hydrogens is 827 g/mol. The first kappa shape index (κ1) is 50.9. The Morgan fingerprint density at radius 1 is 0.774 bits per heavy atom. The molecule has 0 spiro atoms. The molecule has 0 aliphatic carbocycles. The molecule has 10 amide bonds. The van der Waals surface area contributed by atoms with E-state index in [-0.39, 0.29) is 49.7 Å². The second kappa shape index (κ2) is 27.5. The molecule has 2 heterocycles. The topological polar surface area (TPSA) is 334 Å². The number of unbranched alkanes of at least 4 members (excludes halogenated alkanes) is 3. The number of carbonyl (C=O) groups excluding carboxylic acids is 9. The van der Waals surface area contributed by atoms with Crippen molar-refractivity contribution < 1.29 is 48.4 Å². The lowest BCUT2D eigenvalue weighted by atomic mass is 9.94. The minimum absolute atomic E-state index is 0.0785. The third-order valence-electron chi connectivity index (χ3n) is 10.5. The fourth-order valence-electron chi connectivity index (χ4n) is 7.01. The molecule has 0 bridgehead atoms. The number of rotatable bonds is 29. The number of primary amides is 1. The van der Waals surface area contributed by atoms with E-state index in [2.05, 4.69) is 42.5 Å². The second-order valence-corrected chi connectivity index (χ2v) is 16.7. The zero-order valence-electron chi connectivity index (χ0n) is 35.1. The van der Waals surface area contributed by atoms with Crippen LogP contribution in [0.5, 0.6) is 0 Å². The van der Waals surface area contributed by atoms with Gasteiger partial charge < -0.3 is 54.0 Å². The summed E-state index contributed by atoms with van der Waals surface area (Å²) in [5.74, 6) is -5.10. The van der Waals surface area contributed by atoms with Crippen LogP contribution in [-0.4, -0.2) is 126 Å². The van der Waals surface area contributed by atoms with E-state index < -0.39 is 78.5 Å². The van der Waals surface area contributed by atoms with Crippen molar-refractivity contribution in [1.82, 2.24) is 48.0 Å². The summed E-state index contributed by atoms with van der Waals surface area (Å²) in [5.41, 5.74) is 13.4. The van der Waals surface area contributed by atoms with Gasteiger partial charge in [0.2, 0.25) is 47.3 Å². The molecule has 21 nitrogen and oxygen atoms in total. The van der Waals surface area contributed by atoms with Crippen molar-refractivity contribution >= 4 is 65.1 Å². The van der Waals surface area contributed by atoms with E-state index in [0.29, 0.717) is 50.4 Å². The molecule has 22 heteroatoms. The monoisotopic (exact) mass is 889 g/mol. The van der Waals surface area contributed by atoms with E-state index in [1.54, 1.807) is 30.3 Å². The van der Waals surface area contributed by atoms with Gasteiger partial charge in [-0.2, -0.15) is 11.8 Å². The number of nitrogens with two attached hydrogens (primary N) is 2. The fourth-order valence-corrected chi connectivity index (χ4v) is 8.56. The van der Waals surface area contributed by atoms with Gasteiger partial charge in [0.1, 0.15) is 18.1 Å². The lowest BCUT2D eigenvalue weighted by Gasteiger charge is -2.24. The molecule has 7 atom stereocenters. The minimum Gasteiger partial charge on any atom is -0.368 e. The van der Waals surface area contributed by atoms with Crippen LogP contribution in [0.15, 0.2) is 30.3 Å². The molecule has 2 aliphatic rings. The van der Waals surface area contributed by atoms with Gasteiger partial charge in [0.15, 0.2) is 0 Å². The van der Waals surface area contributed by atoms with Crippen molar-refractivity contribution in [1.29, 1.82) is 0 Å². The predicted octanol–water partition coefficient (Wildman–Crippen LogP) is -1.93. The summed E-state index contributed by atoms with van der Waals surface area (Å²) in [6, 6.07) is 5.84. The number of thioether (sulfide) groups is 1. The fraction of sp³-hybridized carbons (Fsp3) is 0.625. The molecule has 0 aromatic heterocycles. The molecule has 62 heavy (non-hydrogen) atoms. The van der Waals surface area contributed by atoms with Crippen molar-refractivity contribution in [2.45, 2.75) is 119 Å². The van der Waals surface area contributed by atoms with Crippen molar-refractivity contribution in [3.05, 3.63) is 35.9 Å². The van der Waals surface area contributed by atoms with Gasteiger partial charge in [-0.15, -0.1) is 0 Å². The number of amides is 10. The van der Waals surface area contributed by atoms with Gasteiger partial charge in [-0.1, -0.05) is 36.8 Å². The molecule has 0 radical (unpaired) electrons. The largest absolute Gasteiger partial charge is 0.368 e. The molecule has 14 N–H and O–H groups in total. The molecular formula is C40H63N11O10S. The van der Waals surface area contributed by atoms with E-state index in [9.17, 15) is 43.2 Å². The molecule has 1 unspecified atom stereocenters. The lowest BCUT2D eigenvalue weighted by Crippen LogP contribution is -2.54. The van der Waals surface area contributed by atoms with Crippen LogP contribution in [0.3, 0.4) is 0 Å². The van der Waals surface area contributed by atoms with Gasteiger partial charge in [0.05, 0.1) is 31.1 Å². The third kappa shape index (κ3) is 18.6. The van der Waals surface area contributed by atoms with E-state index in [4.69, 9.17) is 16.7 Å². The summed E-state index contributed by atoms with van der Waals surface area (Å²) >= 11 is 1.84. The van der Waals surface area contributed by atoms with Crippen molar-refractivity contribution in [2.75, 3.05) is 31.9 Å². The zero-order valence-corrected chi connectivity index (χ0v) is 35.9. The Balaban J connectivity index is 1.33. The Labute approximate surface area is 365 Å². The number of fused-ring (bicyclic) bond motifs is 1. The summed E-state index contributed by atoms with van der Waals surface area (Å²) in [4.78, 5) is 112. The normalized spacial score (nSPS) is 18.3. The molecule has 344 valence electrons. The standard InChI is InChI=1S/C40H63N11O10S/c1-24(46-39(59)28(14-7-9-17-41)48-38(58)26(20-32(53)51-61)19-25-11-3-2-4-12-25)37(57)45-21-33(54)44-22-34(55)47-27(36(42)56)13-8-10-18-43-31(52)16-6-5-15-30-35-29(23-62-30)49-40(60)50-35/h2-4,11-12,24,26-30,35,61H,5-10,13-23,41H2,1H3,(H2,42,56)(H,43,52)(H,44,54)(H,45,57)(H,46,59)(H,47,55)(H,48,58)(H,51,53)(H2,49,50,60)/t24-,26?,27-,28-,29-,30-,35-/m0/s1. The smallest absolute Gasteiger partial charge is 0.315 e. The number of hydroxylamine groups is 1. The summed E-state index contributed by atoms with van der Waals surface area (Å²) in [6.07, 6.45) is 5.13. The molecule has 3 rings (SSSR count). The molecule has 2 aliphatic heterocycles. The maximum Gasteiger partial charge on any atom is 0.315 e. The number of urea groups is 1. The van der Waals surface area contributed by atoms with Crippen LogP contribution in [0.1, 0.15) is 83.1 Å². The van der Waals surface area contributed by atoms with Crippen LogP contribution < -0.4 is 59.5 Å². The predicted molar refractivity (Wildman–Crippen MR) is 229 cm³/mol. The maximum absolute atomic E-state index is 13.3. The van der Waals surface area contributed by atoms with Gasteiger partial charge in [0.25, 0.3) is 0 Å². The number of benzene rings is 1. The highest BCUT2D eigenvalue weighted by molar-refractivity contribution is 8.00. The third-order valence-corrected chi connectivity index (χ3v) is 12.0. The number of hydrogen-bond acceptors (Lipinski definition) is 12. The molecule has 2 saturated heterocycles. The average Bonchev–Trinajstić information content (AvgIpc) is 3.81. The van der Waals surface area contributed by atoms with Crippen LogP contribution in [0.2, 0.25) is 0 Å². The zero-order chi connectivity index (χ0) is 45.4. The van der Waals surface area contributed by atoms with Crippen molar-refractivity contribution in [2.24, 2.45) is 17.4 Å². The lowest BCUT2D eigenvalue weighted by molar-refractivity contribution is -0.136. The molecule has 1 aromatic carbocycles. The highest BCUT2D eigenvalue weighted by Gasteiger charge is 2.42. The van der Waals surface area contributed by atoms with E-state index in [0.717, 1.165) is 30.6 Å². The quantitative estimate of drug-likeness (QED) is 0.0181. The van der Waals surface area contributed by atoms with Crippen LogP contribution >= 0.6 is 11.8 Å². The van der Waals surface area contributed by atoms with Crippen LogP contribution in [0, 0.1) is 5.92 Å². The Morgan fingerprint density at radius 3 is 2.19 bits per heavy atom. The summed E-state index contributed by atoms with van der Waals surface area (Å²) in [5, 5.41) is 30.5. The van der Waals surface area contributed by atoms with Gasteiger partial charge >= 0.3 is 6.03 Å². The number of carbonyl (C=O) groups is 9. The van der Waals surface area contributed by atoms with E-state index >= 15 is 0 Å². The first-order valence-corrected chi connectivity index (χ1v) is 22.1. The van der Waals surface area contributed by atoms with E-state index in [1.807, 2.05) is 11.8 Å². The molecule has 0 saturated carbocycles. The Bertz CT molecular complexity index is 1690. The molecule has 2 fully saturated rings. The summed E-state index contributed by atoms with van der Waals surface area (Å²) < 4.78 is 0. The first-order chi connectivity index (χ1) is 29.7.